The first kappa shape index (κ1) is 10.7. The molecular formula is C12H10I2. The summed E-state index contributed by atoms with van der Waals surface area (Å²) in [5.41, 5.74) is 2.72. The highest BCUT2D eigenvalue weighted by molar-refractivity contribution is 14.1. The molecule has 0 aliphatic heterocycles. The van der Waals surface area contributed by atoms with E-state index in [0.717, 1.165) is 0 Å². The Morgan fingerprint density at radius 1 is 0.714 bits per heavy atom. The van der Waals surface area contributed by atoms with Crippen LogP contribution in [0.15, 0.2) is 24.3 Å². The van der Waals surface area contributed by atoms with Gasteiger partial charge in [0.15, 0.2) is 0 Å². The van der Waals surface area contributed by atoms with Crippen molar-refractivity contribution in [2.24, 2.45) is 0 Å². The first-order valence-electron chi connectivity index (χ1n) is 4.45. The van der Waals surface area contributed by atoms with E-state index in [2.05, 4.69) is 83.3 Å². The zero-order valence-corrected chi connectivity index (χ0v) is 12.4. The molecule has 72 valence electrons. The van der Waals surface area contributed by atoms with Crippen LogP contribution in [0.25, 0.3) is 10.8 Å². The van der Waals surface area contributed by atoms with Gasteiger partial charge in [-0.25, -0.2) is 0 Å². The lowest BCUT2D eigenvalue weighted by Crippen LogP contribution is -1.88. The number of aryl methyl sites for hydroxylation is 2. The summed E-state index contributed by atoms with van der Waals surface area (Å²) in [5.74, 6) is 0. The molecule has 0 N–H and O–H groups in total. The molecule has 0 aromatic heterocycles. The van der Waals surface area contributed by atoms with Gasteiger partial charge in [-0.15, -0.1) is 0 Å². The second-order valence-electron chi connectivity index (χ2n) is 3.49. The second kappa shape index (κ2) is 3.96. The highest BCUT2D eigenvalue weighted by atomic mass is 127. The van der Waals surface area contributed by atoms with Gasteiger partial charge >= 0.3 is 0 Å². The highest BCUT2D eigenvalue weighted by Crippen LogP contribution is 2.29. The molecule has 0 aliphatic rings. The first-order chi connectivity index (χ1) is 6.61. The predicted molar refractivity (Wildman–Crippen MR) is 78.9 cm³/mol. The summed E-state index contributed by atoms with van der Waals surface area (Å²) >= 11 is 4.86. The Kier molecular flexibility index (Phi) is 3.02. The Balaban J connectivity index is 2.94. The largest absolute Gasteiger partial charge is 0.0576 e. The molecule has 0 bridgehead atoms. The van der Waals surface area contributed by atoms with E-state index in [4.69, 9.17) is 0 Å². The normalized spacial score (nSPS) is 10.9. The van der Waals surface area contributed by atoms with Gasteiger partial charge in [-0.1, -0.05) is 24.3 Å². The van der Waals surface area contributed by atoms with Crippen LogP contribution in [-0.2, 0) is 0 Å². The van der Waals surface area contributed by atoms with Crippen molar-refractivity contribution in [3.63, 3.8) is 0 Å². The van der Waals surface area contributed by atoms with Gasteiger partial charge in [0.2, 0.25) is 0 Å². The number of benzene rings is 2. The van der Waals surface area contributed by atoms with Crippen LogP contribution < -0.4 is 0 Å². The van der Waals surface area contributed by atoms with Crippen molar-refractivity contribution in [1.82, 2.24) is 0 Å². The summed E-state index contributed by atoms with van der Waals surface area (Å²) in [7, 11) is 0. The van der Waals surface area contributed by atoms with E-state index in [1.807, 2.05) is 0 Å². The fourth-order valence-electron chi connectivity index (χ4n) is 1.55. The van der Waals surface area contributed by atoms with E-state index in [0.29, 0.717) is 0 Å². The third kappa shape index (κ3) is 1.66. The molecule has 0 saturated heterocycles. The van der Waals surface area contributed by atoms with E-state index < -0.39 is 0 Å². The molecule has 0 heterocycles. The van der Waals surface area contributed by atoms with Crippen molar-refractivity contribution in [3.05, 3.63) is 42.5 Å². The number of hydrogen-bond acceptors (Lipinski definition) is 0. The molecule has 0 nitrogen and oxygen atoms in total. The van der Waals surface area contributed by atoms with Crippen LogP contribution in [0.3, 0.4) is 0 Å². The summed E-state index contributed by atoms with van der Waals surface area (Å²) in [6, 6.07) is 8.85. The third-order valence-corrected chi connectivity index (χ3v) is 5.32. The summed E-state index contributed by atoms with van der Waals surface area (Å²) in [6.45, 7) is 4.32. The number of hydrogen-bond donors (Lipinski definition) is 0. The van der Waals surface area contributed by atoms with E-state index in [-0.39, 0.29) is 0 Å². The third-order valence-electron chi connectivity index (χ3n) is 2.46. The lowest BCUT2D eigenvalue weighted by atomic mass is 10.1. The van der Waals surface area contributed by atoms with Gasteiger partial charge in [-0.2, -0.15) is 0 Å². The van der Waals surface area contributed by atoms with Crippen molar-refractivity contribution >= 4 is 56.0 Å². The van der Waals surface area contributed by atoms with Gasteiger partial charge < -0.3 is 0 Å². The maximum Gasteiger partial charge on any atom is 0.0238 e. The minimum absolute atomic E-state index is 1.36. The average Bonchev–Trinajstić information content (AvgIpc) is 2.17. The summed E-state index contributed by atoms with van der Waals surface area (Å²) in [4.78, 5) is 0. The molecule has 14 heavy (non-hydrogen) atoms. The zero-order valence-electron chi connectivity index (χ0n) is 8.07. The molecule has 2 aromatic carbocycles. The monoisotopic (exact) mass is 408 g/mol. The van der Waals surface area contributed by atoms with Crippen molar-refractivity contribution in [3.8, 4) is 0 Å². The Bertz CT molecular complexity index is 454. The topological polar surface area (TPSA) is 0 Å². The van der Waals surface area contributed by atoms with E-state index in [1.165, 1.54) is 29.0 Å². The van der Waals surface area contributed by atoms with Crippen molar-refractivity contribution in [2.75, 3.05) is 0 Å². The van der Waals surface area contributed by atoms with Crippen LogP contribution in [0.1, 0.15) is 11.1 Å². The van der Waals surface area contributed by atoms with Crippen LogP contribution >= 0.6 is 45.2 Å². The average molecular weight is 408 g/mol. The molecule has 2 aromatic rings. The molecule has 0 spiro atoms. The van der Waals surface area contributed by atoms with Gasteiger partial charge in [0.05, 0.1) is 0 Å². The molecule has 2 rings (SSSR count). The Morgan fingerprint density at radius 3 is 1.43 bits per heavy atom. The van der Waals surface area contributed by atoms with Crippen molar-refractivity contribution in [1.29, 1.82) is 0 Å². The SMILES string of the molecule is Cc1ccc2c(I)c(C)ccc2c1I. The Hall–Kier alpha value is 0.160. The molecule has 0 unspecified atom stereocenters. The number of halogens is 2. The molecule has 0 amide bonds. The molecule has 2 heteroatoms. The first-order valence-corrected chi connectivity index (χ1v) is 6.61. The van der Waals surface area contributed by atoms with Gasteiger partial charge in [-0.3, -0.25) is 0 Å². The Morgan fingerprint density at radius 2 is 1.07 bits per heavy atom. The van der Waals surface area contributed by atoms with Gasteiger partial charge in [-0.05, 0) is 80.9 Å². The van der Waals surface area contributed by atoms with E-state index in [1.54, 1.807) is 0 Å². The smallest absolute Gasteiger partial charge is 0.0238 e. The molecule has 0 fully saturated rings. The molecule has 0 radical (unpaired) electrons. The minimum Gasteiger partial charge on any atom is -0.0576 e. The Labute approximate surface area is 111 Å². The second-order valence-corrected chi connectivity index (χ2v) is 5.65. The van der Waals surface area contributed by atoms with Crippen LogP contribution in [0.2, 0.25) is 0 Å². The van der Waals surface area contributed by atoms with Crippen LogP contribution in [-0.4, -0.2) is 0 Å². The van der Waals surface area contributed by atoms with E-state index in [9.17, 15) is 0 Å². The molecule has 0 aliphatic carbocycles. The maximum absolute atomic E-state index is 2.43. The van der Waals surface area contributed by atoms with Gasteiger partial charge in [0.1, 0.15) is 0 Å². The van der Waals surface area contributed by atoms with Crippen molar-refractivity contribution in [2.45, 2.75) is 13.8 Å². The summed E-state index contributed by atoms with van der Waals surface area (Å²) in [6.07, 6.45) is 0. The molecule has 0 atom stereocenters. The van der Waals surface area contributed by atoms with Gasteiger partial charge in [0.25, 0.3) is 0 Å². The van der Waals surface area contributed by atoms with Crippen molar-refractivity contribution < 1.29 is 0 Å². The standard InChI is InChI=1S/C12H10I2/c1-7-3-5-10-9(11(7)13)6-4-8(2)12(10)14/h3-6H,1-2H3. The molecule has 0 saturated carbocycles. The minimum atomic E-state index is 1.36. The predicted octanol–water partition coefficient (Wildman–Crippen LogP) is 4.67. The molecular weight excluding hydrogens is 398 g/mol. The maximum atomic E-state index is 2.43. The lowest BCUT2D eigenvalue weighted by molar-refractivity contribution is 1.43. The summed E-state index contributed by atoms with van der Waals surface area (Å²) < 4.78 is 2.75. The highest BCUT2D eigenvalue weighted by Gasteiger charge is 2.05. The van der Waals surface area contributed by atoms with Gasteiger partial charge in [0, 0.05) is 7.14 Å². The fraction of sp³-hybridized carbons (Fsp3) is 0.167. The van der Waals surface area contributed by atoms with E-state index >= 15 is 0 Å². The fourth-order valence-corrected chi connectivity index (χ4v) is 2.85. The van der Waals surface area contributed by atoms with Crippen LogP contribution in [0, 0.1) is 21.0 Å². The zero-order chi connectivity index (χ0) is 10.3. The van der Waals surface area contributed by atoms with Crippen LogP contribution in [0.4, 0.5) is 0 Å². The summed E-state index contributed by atoms with van der Waals surface area (Å²) in [5, 5.41) is 2.75. The number of rotatable bonds is 0. The lowest BCUT2D eigenvalue weighted by Gasteiger charge is -2.07. The van der Waals surface area contributed by atoms with Crippen LogP contribution in [0.5, 0.6) is 0 Å². The number of fused-ring (bicyclic) bond motifs is 1. The quantitative estimate of drug-likeness (QED) is 0.557.